The van der Waals surface area contributed by atoms with Crippen molar-refractivity contribution in [1.82, 2.24) is 4.90 Å². The SMILES string of the molecule is COc1ccc(C(CC(N)=O)N2Cc3ccccc3C2=O)cc1OC.NC(CC1CCCCC1)C(=O)O. The minimum Gasteiger partial charge on any atom is -0.493 e. The molecule has 1 fully saturated rings. The predicted octanol–water partition coefficient (Wildman–Crippen LogP) is 3.65. The molecule has 1 saturated carbocycles. The van der Waals surface area contributed by atoms with Gasteiger partial charge in [-0.15, -0.1) is 0 Å². The second-order valence-electron chi connectivity index (χ2n) is 9.58. The minimum absolute atomic E-state index is 0.0369. The summed E-state index contributed by atoms with van der Waals surface area (Å²) in [4.78, 5) is 36.5. The molecule has 0 aromatic heterocycles. The Bertz CT molecular complexity index is 1100. The summed E-state index contributed by atoms with van der Waals surface area (Å²) < 4.78 is 10.6. The molecule has 200 valence electrons. The number of hydrogen-bond acceptors (Lipinski definition) is 6. The van der Waals surface area contributed by atoms with Crippen molar-refractivity contribution in [2.45, 2.75) is 63.6 Å². The minimum atomic E-state index is -0.861. The fraction of sp³-hybridized carbons (Fsp3) is 0.464. The molecule has 1 aliphatic carbocycles. The maximum atomic E-state index is 12.8. The zero-order valence-corrected chi connectivity index (χ0v) is 21.5. The number of hydrogen-bond donors (Lipinski definition) is 3. The maximum Gasteiger partial charge on any atom is 0.320 e. The Morgan fingerprint density at radius 3 is 2.32 bits per heavy atom. The lowest BCUT2D eigenvalue weighted by atomic mass is 9.85. The summed E-state index contributed by atoms with van der Waals surface area (Å²) in [7, 11) is 3.10. The third-order valence-corrected chi connectivity index (χ3v) is 7.04. The highest BCUT2D eigenvalue weighted by Crippen LogP contribution is 2.37. The van der Waals surface area contributed by atoms with Gasteiger partial charge in [0, 0.05) is 12.1 Å². The molecule has 0 radical (unpaired) electrons. The average Bonchev–Trinajstić information content (AvgIpc) is 3.23. The molecule has 2 unspecified atom stereocenters. The summed E-state index contributed by atoms with van der Waals surface area (Å²) >= 11 is 0. The standard InChI is InChI=1S/C19H20N2O4.C9H17NO2/c1-24-16-8-7-12(9-17(16)25-2)15(10-18(20)22)21-11-13-5-3-4-6-14(13)19(21)23;10-8(9(11)12)6-7-4-2-1-3-5-7/h3-9,15H,10-11H2,1-2H3,(H2,20,22);7-8H,1-6,10H2,(H,11,12). The van der Waals surface area contributed by atoms with Gasteiger partial charge in [-0.2, -0.15) is 0 Å². The van der Waals surface area contributed by atoms with Crippen LogP contribution in [0.2, 0.25) is 0 Å². The Labute approximate surface area is 217 Å². The molecule has 0 spiro atoms. The third-order valence-electron chi connectivity index (χ3n) is 7.04. The van der Waals surface area contributed by atoms with E-state index in [1.807, 2.05) is 24.3 Å². The number of fused-ring (bicyclic) bond motifs is 1. The van der Waals surface area contributed by atoms with Gasteiger partial charge in [-0.25, -0.2) is 0 Å². The average molecular weight is 512 g/mol. The van der Waals surface area contributed by atoms with Crippen molar-refractivity contribution < 1.29 is 29.0 Å². The first-order valence-corrected chi connectivity index (χ1v) is 12.6. The van der Waals surface area contributed by atoms with Crippen molar-refractivity contribution in [3.05, 3.63) is 59.2 Å². The van der Waals surface area contributed by atoms with Gasteiger partial charge >= 0.3 is 5.97 Å². The number of aliphatic carboxylic acids is 1. The lowest BCUT2D eigenvalue weighted by Crippen LogP contribution is -2.32. The van der Waals surface area contributed by atoms with Gasteiger partial charge in [0.1, 0.15) is 6.04 Å². The molecule has 9 nitrogen and oxygen atoms in total. The zero-order chi connectivity index (χ0) is 26.9. The predicted molar refractivity (Wildman–Crippen MR) is 139 cm³/mol. The molecule has 1 aliphatic heterocycles. The van der Waals surface area contributed by atoms with Crippen LogP contribution in [0.15, 0.2) is 42.5 Å². The van der Waals surface area contributed by atoms with Crippen molar-refractivity contribution in [2.75, 3.05) is 14.2 Å². The van der Waals surface area contributed by atoms with Gasteiger partial charge in [-0.05, 0) is 41.7 Å². The molecule has 2 aliphatic rings. The van der Waals surface area contributed by atoms with Crippen LogP contribution in [0.3, 0.4) is 0 Å². The number of rotatable bonds is 9. The van der Waals surface area contributed by atoms with Gasteiger partial charge in [0.05, 0.1) is 26.7 Å². The molecule has 2 atom stereocenters. The first-order valence-electron chi connectivity index (χ1n) is 12.6. The fourth-order valence-electron chi connectivity index (χ4n) is 5.07. The summed E-state index contributed by atoms with van der Waals surface area (Å²) in [6.45, 7) is 0.446. The Morgan fingerprint density at radius 2 is 1.73 bits per heavy atom. The molecular formula is C28H37N3O6. The van der Waals surface area contributed by atoms with E-state index in [1.54, 1.807) is 37.3 Å². The number of benzene rings is 2. The van der Waals surface area contributed by atoms with Crippen LogP contribution < -0.4 is 20.9 Å². The molecule has 0 saturated heterocycles. The van der Waals surface area contributed by atoms with Crippen LogP contribution in [0, 0.1) is 5.92 Å². The topological polar surface area (TPSA) is 145 Å². The lowest BCUT2D eigenvalue weighted by Gasteiger charge is -2.28. The van der Waals surface area contributed by atoms with E-state index in [-0.39, 0.29) is 12.3 Å². The number of methoxy groups -OCH3 is 2. The quantitative estimate of drug-likeness (QED) is 0.466. The summed E-state index contributed by atoms with van der Waals surface area (Å²) in [6.07, 6.45) is 6.83. The maximum absolute atomic E-state index is 12.8. The monoisotopic (exact) mass is 511 g/mol. The van der Waals surface area contributed by atoms with Gasteiger partial charge < -0.3 is 30.9 Å². The number of carboxylic acids is 1. The van der Waals surface area contributed by atoms with E-state index in [9.17, 15) is 14.4 Å². The third kappa shape index (κ3) is 7.22. The smallest absolute Gasteiger partial charge is 0.320 e. The number of carbonyl (C=O) groups excluding carboxylic acids is 2. The molecule has 2 amide bonds. The summed E-state index contributed by atoms with van der Waals surface area (Å²) in [5, 5.41) is 8.59. The van der Waals surface area contributed by atoms with Gasteiger partial charge in [0.2, 0.25) is 5.91 Å². The van der Waals surface area contributed by atoms with Crippen LogP contribution in [0.4, 0.5) is 0 Å². The summed E-state index contributed by atoms with van der Waals surface area (Å²) in [5.74, 6) is 0.254. The van der Waals surface area contributed by atoms with Crippen LogP contribution in [-0.2, 0) is 16.1 Å². The normalized spacial score (nSPS) is 16.7. The second kappa shape index (κ2) is 13.1. The summed E-state index contributed by atoms with van der Waals surface area (Å²) in [6, 6.07) is 11.7. The highest BCUT2D eigenvalue weighted by molar-refractivity contribution is 5.98. The van der Waals surface area contributed by atoms with Crippen LogP contribution in [0.25, 0.3) is 0 Å². The first-order chi connectivity index (χ1) is 17.7. The first kappa shape index (κ1) is 28.0. The number of carbonyl (C=O) groups is 3. The molecule has 2 aromatic carbocycles. The number of primary amides is 1. The molecule has 0 bridgehead atoms. The van der Waals surface area contributed by atoms with Crippen molar-refractivity contribution in [3.63, 3.8) is 0 Å². The zero-order valence-electron chi connectivity index (χ0n) is 21.5. The molecular weight excluding hydrogens is 474 g/mol. The molecule has 37 heavy (non-hydrogen) atoms. The highest BCUT2D eigenvalue weighted by atomic mass is 16.5. The van der Waals surface area contributed by atoms with Crippen molar-refractivity contribution in [1.29, 1.82) is 0 Å². The van der Waals surface area contributed by atoms with Crippen LogP contribution in [0.5, 0.6) is 11.5 Å². The molecule has 4 rings (SSSR count). The number of nitrogens with two attached hydrogens (primary N) is 2. The Morgan fingerprint density at radius 1 is 1.05 bits per heavy atom. The van der Waals surface area contributed by atoms with E-state index in [0.29, 0.717) is 35.9 Å². The molecule has 9 heteroatoms. The van der Waals surface area contributed by atoms with Gasteiger partial charge in [0.15, 0.2) is 11.5 Å². The van der Waals surface area contributed by atoms with Crippen LogP contribution >= 0.6 is 0 Å². The molecule has 2 aromatic rings. The Hall–Kier alpha value is -3.59. The number of amides is 2. The van der Waals surface area contributed by atoms with E-state index in [0.717, 1.165) is 11.1 Å². The van der Waals surface area contributed by atoms with Crippen molar-refractivity contribution >= 4 is 17.8 Å². The second-order valence-corrected chi connectivity index (χ2v) is 9.58. The largest absolute Gasteiger partial charge is 0.493 e. The van der Waals surface area contributed by atoms with Crippen LogP contribution in [0.1, 0.15) is 72.5 Å². The number of ether oxygens (including phenoxy) is 2. The van der Waals surface area contributed by atoms with E-state index < -0.39 is 24.0 Å². The molecule has 1 heterocycles. The summed E-state index contributed by atoms with van der Waals surface area (Å²) in [5.41, 5.74) is 13.3. The fourth-order valence-corrected chi connectivity index (χ4v) is 5.07. The Balaban J connectivity index is 0.000000266. The number of nitrogens with zero attached hydrogens (tertiary/aromatic N) is 1. The van der Waals surface area contributed by atoms with E-state index in [2.05, 4.69) is 0 Å². The van der Waals surface area contributed by atoms with Crippen molar-refractivity contribution in [2.24, 2.45) is 17.4 Å². The van der Waals surface area contributed by atoms with Gasteiger partial charge in [0.25, 0.3) is 5.91 Å². The molecule has 5 N–H and O–H groups in total. The van der Waals surface area contributed by atoms with E-state index >= 15 is 0 Å². The number of carboxylic acid groups (broad SMARTS) is 1. The van der Waals surface area contributed by atoms with Crippen molar-refractivity contribution in [3.8, 4) is 11.5 Å². The van der Waals surface area contributed by atoms with E-state index in [1.165, 1.54) is 32.1 Å². The van der Waals surface area contributed by atoms with Gasteiger partial charge in [-0.3, -0.25) is 14.4 Å². The lowest BCUT2D eigenvalue weighted by molar-refractivity contribution is -0.139. The van der Waals surface area contributed by atoms with Crippen LogP contribution in [-0.4, -0.2) is 48.1 Å². The highest BCUT2D eigenvalue weighted by Gasteiger charge is 2.34. The van der Waals surface area contributed by atoms with Gasteiger partial charge in [-0.1, -0.05) is 56.4 Å². The van der Waals surface area contributed by atoms with E-state index in [4.69, 9.17) is 26.0 Å². The Kier molecular flexibility index (Phi) is 9.91.